The SMILES string of the molecule is CC(CN)N(c1cccc(Cl)c1)C1COC1. The molecule has 0 spiro atoms. The average molecular weight is 241 g/mol. The Kier molecular flexibility index (Phi) is 3.69. The van der Waals surface area contributed by atoms with Gasteiger partial charge in [0.15, 0.2) is 0 Å². The number of nitrogens with two attached hydrogens (primary N) is 1. The van der Waals surface area contributed by atoms with E-state index in [1.165, 1.54) is 0 Å². The number of benzene rings is 1. The molecular weight excluding hydrogens is 224 g/mol. The van der Waals surface area contributed by atoms with Gasteiger partial charge in [-0.15, -0.1) is 0 Å². The summed E-state index contributed by atoms with van der Waals surface area (Å²) in [4.78, 5) is 2.30. The van der Waals surface area contributed by atoms with Gasteiger partial charge in [0, 0.05) is 23.3 Å². The molecule has 1 aromatic carbocycles. The van der Waals surface area contributed by atoms with Gasteiger partial charge in [-0.2, -0.15) is 0 Å². The molecule has 1 saturated heterocycles. The number of nitrogens with zero attached hydrogens (tertiary/aromatic N) is 1. The fraction of sp³-hybridized carbons (Fsp3) is 0.500. The third-order valence-corrected chi connectivity index (χ3v) is 3.17. The zero-order valence-electron chi connectivity index (χ0n) is 9.40. The van der Waals surface area contributed by atoms with E-state index in [2.05, 4.69) is 17.9 Å². The van der Waals surface area contributed by atoms with E-state index in [1.54, 1.807) is 0 Å². The highest BCUT2D eigenvalue weighted by atomic mass is 35.5. The van der Waals surface area contributed by atoms with Crippen molar-refractivity contribution in [2.75, 3.05) is 24.7 Å². The van der Waals surface area contributed by atoms with E-state index in [0.717, 1.165) is 23.9 Å². The maximum Gasteiger partial charge on any atom is 0.0760 e. The minimum Gasteiger partial charge on any atom is -0.377 e. The molecule has 1 fully saturated rings. The number of ether oxygens (including phenoxy) is 1. The van der Waals surface area contributed by atoms with Gasteiger partial charge in [0.1, 0.15) is 0 Å². The first kappa shape index (κ1) is 11.7. The van der Waals surface area contributed by atoms with Gasteiger partial charge in [0.25, 0.3) is 0 Å². The highest BCUT2D eigenvalue weighted by molar-refractivity contribution is 6.30. The number of halogens is 1. The van der Waals surface area contributed by atoms with Crippen LogP contribution in [0.5, 0.6) is 0 Å². The Bertz CT molecular complexity index is 350. The lowest BCUT2D eigenvalue weighted by Gasteiger charge is -2.42. The van der Waals surface area contributed by atoms with Crippen molar-refractivity contribution in [1.29, 1.82) is 0 Å². The molecule has 3 nitrogen and oxygen atoms in total. The van der Waals surface area contributed by atoms with E-state index in [1.807, 2.05) is 18.2 Å². The van der Waals surface area contributed by atoms with Gasteiger partial charge in [-0.1, -0.05) is 17.7 Å². The number of hydrogen-bond acceptors (Lipinski definition) is 3. The molecule has 0 aliphatic carbocycles. The Morgan fingerprint density at radius 1 is 1.56 bits per heavy atom. The minimum absolute atomic E-state index is 0.298. The molecule has 1 aromatic rings. The van der Waals surface area contributed by atoms with Crippen LogP contribution < -0.4 is 10.6 Å². The molecule has 88 valence electrons. The normalized spacial score (nSPS) is 17.9. The van der Waals surface area contributed by atoms with Crippen LogP contribution >= 0.6 is 11.6 Å². The van der Waals surface area contributed by atoms with Gasteiger partial charge < -0.3 is 15.4 Å². The van der Waals surface area contributed by atoms with Crippen molar-refractivity contribution in [2.45, 2.75) is 19.0 Å². The molecule has 0 saturated carbocycles. The van der Waals surface area contributed by atoms with Gasteiger partial charge in [-0.05, 0) is 25.1 Å². The highest BCUT2D eigenvalue weighted by Crippen LogP contribution is 2.26. The van der Waals surface area contributed by atoms with Crippen LogP contribution in [0.4, 0.5) is 5.69 Å². The van der Waals surface area contributed by atoms with Crippen molar-refractivity contribution in [3.63, 3.8) is 0 Å². The number of rotatable bonds is 4. The van der Waals surface area contributed by atoms with E-state index >= 15 is 0 Å². The van der Waals surface area contributed by atoms with Crippen LogP contribution in [0.2, 0.25) is 5.02 Å². The number of anilines is 1. The minimum atomic E-state index is 0.298. The van der Waals surface area contributed by atoms with E-state index in [0.29, 0.717) is 18.6 Å². The molecule has 1 aliphatic rings. The molecule has 1 unspecified atom stereocenters. The fourth-order valence-electron chi connectivity index (χ4n) is 1.96. The molecule has 1 aliphatic heterocycles. The summed E-state index contributed by atoms with van der Waals surface area (Å²) in [6.45, 7) is 4.30. The summed E-state index contributed by atoms with van der Waals surface area (Å²) in [7, 11) is 0. The predicted molar refractivity (Wildman–Crippen MR) is 67.1 cm³/mol. The Hall–Kier alpha value is -0.770. The topological polar surface area (TPSA) is 38.5 Å². The van der Waals surface area contributed by atoms with Crippen LogP contribution in [0, 0.1) is 0 Å². The maximum absolute atomic E-state index is 6.01. The van der Waals surface area contributed by atoms with Crippen molar-refractivity contribution < 1.29 is 4.74 Å². The summed E-state index contributed by atoms with van der Waals surface area (Å²) in [5.41, 5.74) is 6.87. The molecular formula is C12H17ClN2O. The third kappa shape index (κ3) is 2.32. The van der Waals surface area contributed by atoms with Crippen LogP contribution in [-0.4, -0.2) is 31.8 Å². The zero-order chi connectivity index (χ0) is 11.5. The summed E-state index contributed by atoms with van der Waals surface area (Å²) in [6, 6.07) is 8.62. The van der Waals surface area contributed by atoms with Gasteiger partial charge in [-0.3, -0.25) is 0 Å². The molecule has 0 amide bonds. The molecule has 4 heteroatoms. The van der Waals surface area contributed by atoms with Crippen LogP contribution in [0.3, 0.4) is 0 Å². The summed E-state index contributed by atoms with van der Waals surface area (Å²) in [5, 5.41) is 0.756. The first-order chi connectivity index (χ1) is 7.72. The first-order valence-corrected chi connectivity index (χ1v) is 5.92. The smallest absolute Gasteiger partial charge is 0.0760 e. The van der Waals surface area contributed by atoms with Gasteiger partial charge in [0.05, 0.1) is 19.3 Å². The lowest BCUT2D eigenvalue weighted by atomic mass is 10.1. The molecule has 2 N–H and O–H groups in total. The largest absolute Gasteiger partial charge is 0.377 e. The van der Waals surface area contributed by atoms with Crippen molar-refractivity contribution in [3.8, 4) is 0 Å². The highest BCUT2D eigenvalue weighted by Gasteiger charge is 2.29. The maximum atomic E-state index is 6.01. The first-order valence-electron chi connectivity index (χ1n) is 5.54. The molecule has 1 atom stereocenters. The molecule has 0 aromatic heterocycles. The molecule has 0 radical (unpaired) electrons. The van der Waals surface area contributed by atoms with E-state index in [-0.39, 0.29) is 0 Å². The van der Waals surface area contributed by atoms with Crippen molar-refractivity contribution >= 4 is 17.3 Å². The lowest BCUT2D eigenvalue weighted by molar-refractivity contribution is 0.00551. The van der Waals surface area contributed by atoms with Gasteiger partial charge in [0.2, 0.25) is 0 Å². The summed E-state index contributed by atoms with van der Waals surface area (Å²) in [5.74, 6) is 0. The fourth-order valence-corrected chi connectivity index (χ4v) is 2.14. The summed E-state index contributed by atoms with van der Waals surface area (Å²) < 4.78 is 5.25. The molecule has 2 rings (SSSR count). The second kappa shape index (κ2) is 5.04. The van der Waals surface area contributed by atoms with Crippen LogP contribution in [0.15, 0.2) is 24.3 Å². The van der Waals surface area contributed by atoms with E-state index < -0.39 is 0 Å². The standard InChI is InChI=1S/C12H17ClN2O/c1-9(6-14)15(12-7-16-8-12)11-4-2-3-10(13)5-11/h2-5,9,12H,6-8,14H2,1H3. The van der Waals surface area contributed by atoms with Gasteiger partial charge >= 0.3 is 0 Å². The van der Waals surface area contributed by atoms with Gasteiger partial charge in [-0.25, -0.2) is 0 Å². The molecule has 0 bridgehead atoms. The predicted octanol–water partition coefficient (Wildman–Crippen LogP) is 1.89. The number of hydrogen-bond donors (Lipinski definition) is 1. The van der Waals surface area contributed by atoms with Crippen molar-refractivity contribution in [1.82, 2.24) is 0 Å². The monoisotopic (exact) mass is 240 g/mol. The lowest BCUT2D eigenvalue weighted by Crippen LogP contribution is -2.54. The second-order valence-corrected chi connectivity index (χ2v) is 4.60. The average Bonchev–Trinajstić information content (AvgIpc) is 2.22. The Morgan fingerprint density at radius 2 is 2.31 bits per heavy atom. The Balaban J connectivity index is 2.23. The van der Waals surface area contributed by atoms with E-state index in [4.69, 9.17) is 22.1 Å². The summed E-state index contributed by atoms with van der Waals surface area (Å²) >= 11 is 6.01. The van der Waals surface area contributed by atoms with E-state index in [9.17, 15) is 0 Å². The van der Waals surface area contributed by atoms with Crippen molar-refractivity contribution in [2.24, 2.45) is 5.73 Å². The quantitative estimate of drug-likeness (QED) is 0.874. The molecule has 1 heterocycles. The van der Waals surface area contributed by atoms with Crippen LogP contribution in [0.25, 0.3) is 0 Å². The van der Waals surface area contributed by atoms with Crippen molar-refractivity contribution in [3.05, 3.63) is 29.3 Å². The zero-order valence-corrected chi connectivity index (χ0v) is 10.2. The van der Waals surface area contributed by atoms with Crippen LogP contribution in [-0.2, 0) is 4.74 Å². The second-order valence-electron chi connectivity index (χ2n) is 4.16. The Morgan fingerprint density at radius 3 is 2.81 bits per heavy atom. The summed E-state index contributed by atoms with van der Waals surface area (Å²) in [6.07, 6.45) is 0. The Labute approximate surface area is 101 Å². The van der Waals surface area contributed by atoms with Crippen LogP contribution in [0.1, 0.15) is 6.92 Å². The molecule has 16 heavy (non-hydrogen) atoms. The third-order valence-electron chi connectivity index (χ3n) is 2.94.